The molecule has 23 heavy (non-hydrogen) atoms. The zero-order valence-corrected chi connectivity index (χ0v) is 14.2. The molecule has 0 radical (unpaired) electrons. The van der Waals surface area contributed by atoms with Crippen molar-refractivity contribution in [1.82, 2.24) is 0 Å². The molecule has 3 rings (SSSR count). The highest BCUT2D eigenvalue weighted by Gasteiger charge is 2.12. The monoisotopic (exact) mass is 370 g/mol. The smallest absolute Gasteiger partial charge is 0.343 e. The highest BCUT2D eigenvalue weighted by Crippen LogP contribution is 2.32. The van der Waals surface area contributed by atoms with Gasteiger partial charge in [-0.2, -0.15) is 0 Å². The van der Waals surface area contributed by atoms with Crippen LogP contribution in [0.25, 0.3) is 10.8 Å². The molecule has 0 spiro atoms. The molecular formula is C19H15BrO3. The van der Waals surface area contributed by atoms with Crippen LogP contribution in [0.1, 0.15) is 17.3 Å². The molecule has 0 bridgehead atoms. The van der Waals surface area contributed by atoms with Gasteiger partial charge in [-0.3, -0.25) is 0 Å². The molecule has 0 aromatic heterocycles. The highest BCUT2D eigenvalue weighted by molar-refractivity contribution is 9.10. The SMILES string of the molecule is CCOc1ccc(C(=O)Oc2ccc(Br)c3ccccc23)cc1. The van der Waals surface area contributed by atoms with E-state index in [1.165, 1.54) is 0 Å². The lowest BCUT2D eigenvalue weighted by Gasteiger charge is -2.09. The fraction of sp³-hybridized carbons (Fsp3) is 0.105. The van der Waals surface area contributed by atoms with Crippen molar-refractivity contribution in [2.24, 2.45) is 0 Å². The number of hydrogen-bond acceptors (Lipinski definition) is 3. The van der Waals surface area contributed by atoms with E-state index >= 15 is 0 Å². The Morgan fingerprint density at radius 2 is 1.65 bits per heavy atom. The number of ether oxygens (including phenoxy) is 2. The van der Waals surface area contributed by atoms with Crippen LogP contribution in [0.15, 0.2) is 65.1 Å². The van der Waals surface area contributed by atoms with Gasteiger partial charge in [0.1, 0.15) is 11.5 Å². The molecule has 3 aromatic rings. The first-order valence-corrected chi connectivity index (χ1v) is 8.10. The average molecular weight is 371 g/mol. The lowest BCUT2D eigenvalue weighted by atomic mass is 10.1. The van der Waals surface area contributed by atoms with Crippen molar-refractivity contribution in [1.29, 1.82) is 0 Å². The van der Waals surface area contributed by atoms with Crippen LogP contribution in [0.2, 0.25) is 0 Å². The van der Waals surface area contributed by atoms with Crippen LogP contribution in [0.4, 0.5) is 0 Å². The maximum Gasteiger partial charge on any atom is 0.343 e. The van der Waals surface area contributed by atoms with Crippen molar-refractivity contribution < 1.29 is 14.3 Å². The van der Waals surface area contributed by atoms with E-state index in [-0.39, 0.29) is 5.97 Å². The molecule has 3 aromatic carbocycles. The number of rotatable bonds is 4. The lowest BCUT2D eigenvalue weighted by Crippen LogP contribution is -2.08. The predicted molar refractivity (Wildman–Crippen MR) is 94.2 cm³/mol. The Morgan fingerprint density at radius 3 is 2.35 bits per heavy atom. The van der Waals surface area contributed by atoms with Crippen molar-refractivity contribution in [2.45, 2.75) is 6.92 Å². The molecule has 0 unspecified atom stereocenters. The molecule has 0 heterocycles. The number of hydrogen-bond donors (Lipinski definition) is 0. The normalized spacial score (nSPS) is 10.5. The number of carbonyl (C=O) groups excluding carboxylic acids is 1. The minimum atomic E-state index is -0.388. The van der Waals surface area contributed by atoms with Gasteiger partial charge in [0.25, 0.3) is 0 Å². The minimum absolute atomic E-state index is 0.388. The zero-order chi connectivity index (χ0) is 16.2. The van der Waals surface area contributed by atoms with Gasteiger partial charge in [0.2, 0.25) is 0 Å². The largest absolute Gasteiger partial charge is 0.494 e. The third-order valence-corrected chi connectivity index (χ3v) is 4.13. The lowest BCUT2D eigenvalue weighted by molar-refractivity contribution is 0.0737. The van der Waals surface area contributed by atoms with Crippen molar-refractivity contribution >= 4 is 32.7 Å². The van der Waals surface area contributed by atoms with E-state index in [0.717, 1.165) is 21.0 Å². The number of halogens is 1. The molecule has 0 saturated heterocycles. The molecule has 0 aliphatic heterocycles. The van der Waals surface area contributed by atoms with Crippen molar-refractivity contribution in [3.63, 3.8) is 0 Å². The third-order valence-electron chi connectivity index (χ3n) is 3.43. The molecule has 4 heteroatoms. The van der Waals surface area contributed by atoms with E-state index in [1.54, 1.807) is 30.3 Å². The van der Waals surface area contributed by atoms with Gasteiger partial charge in [0.15, 0.2) is 0 Å². The summed E-state index contributed by atoms with van der Waals surface area (Å²) in [4.78, 5) is 12.3. The molecule has 0 saturated carbocycles. The topological polar surface area (TPSA) is 35.5 Å². The first kappa shape index (κ1) is 15.6. The Kier molecular flexibility index (Phi) is 4.63. The maximum absolute atomic E-state index is 12.3. The number of carbonyl (C=O) groups is 1. The standard InChI is InChI=1S/C19H15BrO3/c1-2-22-14-9-7-13(8-10-14)19(21)23-18-12-11-17(20)15-5-3-4-6-16(15)18/h3-12H,2H2,1H3. The van der Waals surface area contributed by atoms with Crippen LogP contribution in [0, 0.1) is 0 Å². The second-order valence-corrected chi connectivity index (χ2v) is 5.79. The molecule has 0 fully saturated rings. The molecule has 0 aliphatic carbocycles. The Hall–Kier alpha value is -2.33. The summed E-state index contributed by atoms with van der Waals surface area (Å²) >= 11 is 3.51. The first-order chi connectivity index (χ1) is 11.2. The molecule has 0 N–H and O–H groups in total. The minimum Gasteiger partial charge on any atom is -0.494 e. The van der Waals surface area contributed by atoms with Gasteiger partial charge in [-0.1, -0.05) is 40.2 Å². The van der Waals surface area contributed by atoms with E-state index in [9.17, 15) is 4.79 Å². The van der Waals surface area contributed by atoms with Gasteiger partial charge in [-0.15, -0.1) is 0 Å². The maximum atomic E-state index is 12.3. The summed E-state index contributed by atoms with van der Waals surface area (Å²) in [5, 5.41) is 1.89. The van der Waals surface area contributed by atoms with Gasteiger partial charge in [0, 0.05) is 9.86 Å². The molecule has 0 aliphatic rings. The third kappa shape index (κ3) is 3.37. The number of benzene rings is 3. The summed E-state index contributed by atoms with van der Waals surface area (Å²) in [5.41, 5.74) is 0.487. The van der Waals surface area contributed by atoms with E-state index < -0.39 is 0 Å². The first-order valence-electron chi connectivity index (χ1n) is 7.31. The van der Waals surface area contributed by atoms with Gasteiger partial charge in [-0.05, 0) is 48.7 Å². The Morgan fingerprint density at radius 1 is 0.957 bits per heavy atom. The van der Waals surface area contributed by atoms with Crippen LogP contribution in [-0.2, 0) is 0 Å². The van der Waals surface area contributed by atoms with Gasteiger partial charge in [0.05, 0.1) is 12.2 Å². The predicted octanol–water partition coefficient (Wildman–Crippen LogP) is 5.22. The van der Waals surface area contributed by atoms with Crippen LogP contribution >= 0.6 is 15.9 Å². The summed E-state index contributed by atoms with van der Waals surface area (Å²) in [6, 6.07) is 18.4. The van der Waals surface area contributed by atoms with Crippen LogP contribution in [-0.4, -0.2) is 12.6 Å². The van der Waals surface area contributed by atoms with Crippen LogP contribution < -0.4 is 9.47 Å². The summed E-state index contributed by atoms with van der Waals surface area (Å²) in [7, 11) is 0. The fourth-order valence-electron chi connectivity index (χ4n) is 2.34. The second kappa shape index (κ2) is 6.84. The molecule has 0 atom stereocenters. The van der Waals surface area contributed by atoms with Gasteiger partial charge in [-0.25, -0.2) is 4.79 Å². The summed E-state index contributed by atoms with van der Waals surface area (Å²) < 4.78 is 11.9. The quantitative estimate of drug-likeness (QED) is 0.466. The fourth-order valence-corrected chi connectivity index (χ4v) is 2.81. The summed E-state index contributed by atoms with van der Waals surface area (Å²) in [5.74, 6) is 0.890. The van der Waals surface area contributed by atoms with Crippen LogP contribution in [0.3, 0.4) is 0 Å². The van der Waals surface area contributed by atoms with Crippen LogP contribution in [0.5, 0.6) is 11.5 Å². The van der Waals surface area contributed by atoms with Gasteiger partial charge < -0.3 is 9.47 Å². The molecular weight excluding hydrogens is 356 g/mol. The van der Waals surface area contributed by atoms with Crippen molar-refractivity contribution in [3.05, 3.63) is 70.7 Å². The number of esters is 1. The van der Waals surface area contributed by atoms with E-state index in [1.807, 2.05) is 37.3 Å². The van der Waals surface area contributed by atoms with Crippen molar-refractivity contribution in [2.75, 3.05) is 6.61 Å². The molecule has 3 nitrogen and oxygen atoms in total. The Balaban J connectivity index is 1.87. The van der Waals surface area contributed by atoms with E-state index in [4.69, 9.17) is 9.47 Å². The zero-order valence-electron chi connectivity index (χ0n) is 12.6. The second-order valence-electron chi connectivity index (χ2n) is 4.94. The van der Waals surface area contributed by atoms with E-state index in [0.29, 0.717) is 17.9 Å². The average Bonchev–Trinajstić information content (AvgIpc) is 2.58. The van der Waals surface area contributed by atoms with E-state index in [2.05, 4.69) is 15.9 Å². The Labute approximate surface area is 143 Å². The van der Waals surface area contributed by atoms with Crippen molar-refractivity contribution in [3.8, 4) is 11.5 Å². The summed E-state index contributed by atoms with van der Waals surface area (Å²) in [6.07, 6.45) is 0. The summed E-state index contributed by atoms with van der Waals surface area (Å²) in [6.45, 7) is 2.51. The molecule has 116 valence electrons. The molecule has 0 amide bonds. The Bertz CT molecular complexity index is 841. The number of fused-ring (bicyclic) bond motifs is 1. The van der Waals surface area contributed by atoms with Gasteiger partial charge >= 0.3 is 5.97 Å². The highest BCUT2D eigenvalue weighted by atomic mass is 79.9.